The van der Waals surface area contributed by atoms with Crippen molar-refractivity contribution < 1.29 is 33.7 Å². The van der Waals surface area contributed by atoms with Gasteiger partial charge in [0.1, 0.15) is 17.8 Å². The Morgan fingerprint density at radius 3 is 2.58 bits per heavy atom. The van der Waals surface area contributed by atoms with Gasteiger partial charge in [0.15, 0.2) is 11.4 Å². The average molecular weight is 364 g/mol. The first-order valence-electron chi connectivity index (χ1n) is 9.06. The minimum absolute atomic E-state index is 0.270. The van der Waals surface area contributed by atoms with Gasteiger partial charge in [0, 0.05) is 5.92 Å². The van der Waals surface area contributed by atoms with E-state index in [1.807, 2.05) is 6.92 Å². The van der Waals surface area contributed by atoms with E-state index in [9.17, 15) is 19.5 Å². The number of allylic oxidation sites excluding steroid dienone is 1. The summed E-state index contributed by atoms with van der Waals surface area (Å²) in [7, 11) is 0. The summed E-state index contributed by atoms with van der Waals surface area (Å²) in [5, 5.41) is 11.4. The normalized spacial score (nSPS) is 52.1. The first-order valence-corrected chi connectivity index (χ1v) is 9.06. The predicted molar refractivity (Wildman–Crippen MR) is 87.8 cm³/mol. The van der Waals surface area contributed by atoms with Gasteiger partial charge < -0.3 is 19.3 Å². The Bertz CT molecular complexity index is 723. The molecule has 4 aliphatic rings. The minimum atomic E-state index is -1.46. The molecule has 7 nitrogen and oxygen atoms in total. The van der Waals surface area contributed by atoms with Crippen molar-refractivity contribution in [3.8, 4) is 0 Å². The van der Waals surface area contributed by atoms with Gasteiger partial charge in [-0.25, -0.2) is 4.79 Å². The number of fused-ring (bicyclic) bond motifs is 3. The van der Waals surface area contributed by atoms with E-state index < -0.39 is 52.6 Å². The molecule has 142 valence electrons. The molecule has 0 radical (unpaired) electrons. The third-order valence-corrected chi connectivity index (χ3v) is 6.98. The quantitative estimate of drug-likeness (QED) is 0.570. The Hall–Kier alpha value is -1.73. The van der Waals surface area contributed by atoms with Gasteiger partial charge in [0.2, 0.25) is 0 Å². The second-order valence-corrected chi connectivity index (χ2v) is 8.55. The van der Waals surface area contributed by atoms with Crippen molar-refractivity contribution in [1.29, 1.82) is 0 Å². The lowest BCUT2D eigenvalue weighted by Crippen LogP contribution is -2.57. The Balaban J connectivity index is 1.76. The van der Waals surface area contributed by atoms with Crippen LogP contribution in [0.2, 0.25) is 0 Å². The number of epoxide rings is 1. The number of aliphatic hydroxyl groups is 1. The lowest BCUT2D eigenvalue weighted by Gasteiger charge is -2.43. The van der Waals surface area contributed by atoms with Crippen molar-refractivity contribution in [2.45, 2.75) is 57.5 Å². The SMILES string of the molecule is CC1C(=O)OC2C1C(OC(=O)C1(C)CO1)CC(C)C1(O)C=CC(=O)C21C. The molecule has 0 amide bonds. The molecule has 2 aliphatic heterocycles. The minimum Gasteiger partial charge on any atom is -0.460 e. The monoisotopic (exact) mass is 364 g/mol. The number of carbonyl (C=O) groups excluding carboxylic acids is 3. The van der Waals surface area contributed by atoms with Crippen LogP contribution in [-0.2, 0) is 28.6 Å². The summed E-state index contributed by atoms with van der Waals surface area (Å²) in [5.41, 5.74) is -3.69. The topological polar surface area (TPSA) is 102 Å². The molecular formula is C19H24O7. The maximum Gasteiger partial charge on any atom is 0.340 e. The third kappa shape index (κ3) is 2.04. The summed E-state index contributed by atoms with van der Waals surface area (Å²) >= 11 is 0. The van der Waals surface area contributed by atoms with Gasteiger partial charge in [-0.2, -0.15) is 0 Å². The van der Waals surface area contributed by atoms with E-state index in [0.29, 0.717) is 13.0 Å². The smallest absolute Gasteiger partial charge is 0.340 e. The highest BCUT2D eigenvalue weighted by atomic mass is 16.6. The molecule has 7 heteroatoms. The molecule has 1 N–H and O–H groups in total. The van der Waals surface area contributed by atoms with Crippen molar-refractivity contribution in [1.82, 2.24) is 0 Å². The van der Waals surface area contributed by atoms with Gasteiger partial charge in [0.25, 0.3) is 0 Å². The van der Waals surface area contributed by atoms with Crippen molar-refractivity contribution >= 4 is 17.7 Å². The molecule has 1 saturated carbocycles. The lowest BCUT2D eigenvalue weighted by atomic mass is 9.64. The molecule has 2 aliphatic carbocycles. The van der Waals surface area contributed by atoms with Gasteiger partial charge in [-0.15, -0.1) is 0 Å². The zero-order valence-electron chi connectivity index (χ0n) is 15.4. The van der Waals surface area contributed by atoms with Crippen molar-refractivity contribution in [2.75, 3.05) is 6.61 Å². The van der Waals surface area contributed by atoms with E-state index >= 15 is 0 Å². The summed E-state index contributed by atoms with van der Waals surface area (Å²) in [6.45, 7) is 7.14. The second-order valence-electron chi connectivity index (χ2n) is 8.55. The van der Waals surface area contributed by atoms with Crippen LogP contribution < -0.4 is 0 Å². The Labute approximate surface area is 151 Å². The van der Waals surface area contributed by atoms with E-state index in [2.05, 4.69) is 0 Å². The van der Waals surface area contributed by atoms with Crippen LogP contribution in [0.25, 0.3) is 0 Å². The zero-order chi connectivity index (χ0) is 19.1. The zero-order valence-corrected chi connectivity index (χ0v) is 15.4. The van der Waals surface area contributed by atoms with E-state index in [0.717, 1.165) is 0 Å². The molecule has 2 heterocycles. The van der Waals surface area contributed by atoms with Crippen molar-refractivity contribution in [2.24, 2.45) is 23.2 Å². The fraction of sp³-hybridized carbons (Fsp3) is 0.737. The van der Waals surface area contributed by atoms with Crippen molar-refractivity contribution in [3.05, 3.63) is 12.2 Å². The van der Waals surface area contributed by atoms with E-state index in [1.54, 1.807) is 20.8 Å². The standard InChI is InChI=1S/C19H24O7/c1-9-7-11(25-16(22)17(3)8-24-17)13-10(2)15(21)26-14(13)18(4)12(20)5-6-19(9,18)23/h5-6,9-11,13-14,23H,7-8H2,1-4H3. The van der Waals surface area contributed by atoms with Crippen LogP contribution in [-0.4, -0.2) is 52.8 Å². The van der Waals surface area contributed by atoms with Gasteiger partial charge >= 0.3 is 11.9 Å². The fourth-order valence-electron chi connectivity index (χ4n) is 4.84. The molecule has 2 saturated heterocycles. The number of rotatable bonds is 2. The number of hydrogen-bond donors (Lipinski definition) is 1. The highest BCUT2D eigenvalue weighted by Crippen LogP contribution is 2.57. The van der Waals surface area contributed by atoms with Crippen LogP contribution in [0.15, 0.2) is 12.2 Å². The second kappa shape index (κ2) is 5.16. The lowest BCUT2D eigenvalue weighted by molar-refractivity contribution is -0.167. The number of ketones is 1. The Kier molecular flexibility index (Phi) is 3.51. The molecule has 8 unspecified atom stereocenters. The van der Waals surface area contributed by atoms with Crippen LogP contribution in [0, 0.1) is 23.2 Å². The molecule has 4 rings (SSSR count). The molecule has 0 aromatic carbocycles. The van der Waals surface area contributed by atoms with Crippen LogP contribution in [0.3, 0.4) is 0 Å². The maximum absolute atomic E-state index is 12.7. The van der Waals surface area contributed by atoms with Crippen LogP contribution in [0.4, 0.5) is 0 Å². The largest absolute Gasteiger partial charge is 0.460 e. The number of ether oxygens (including phenoxy) is 3. The summed E-state index contributed by atoms with van der Waals surface area (Å²) in [4.78, 5) is 37.5. The Morgan fingerprint density at radius 2 is 1.96 bits per heavy atom. The highest BCUT2D eigenvalue weighted by Gasteiger charge is 2.69. The van der Waals surface area contributed by atoms with Gasteiger partial charge in [-0.3, -0.25) is 9.59 Å². The molecule has 0 spiro atoms. The summed E-state index contributed by atoms with van der Waals surface area (Å²) in [6.07, 6.45) is 1.71. The first-order chi connectivity index (χ1) is 12.0. The van der Waals surface area contributed by atoms with Crippen LogP contribution in [0.5, 0.6) is 0 Å². The first kappa shape index (κ1) is 17.7. The van der Waals surface area contributed by atoms with Gasteiger partial charge in [0.05, 0.1) is 17.9 Å². The average Bonchev–Trinajstić information content (AvgIpc) is 3.22. The number of esters is 2. The predicted octanol–water partition coefficient (Wildman–Crippen LogP) is 0.781. The highest BCUT2D eigenvalue weighted by molar-refractivity contribution is 6.00. The Morgan fingerprint density at radius 1 is 1.31 bits per heavy atom. The van der Waals surface area contributed by atoms with Crippen LogP contribution in [0.1, 0.15) is 34.1 Å². The molecule has 8 atom stereocenters. The maximum atomic E-state index is 12.7. The van der Waals surface area contributed by atoms with Crippen LogP contribution >= 0.6 is 0 Å². The molecule has 0 aromatic rings. The number of hydrogen-bond acceptors (Lipinski definition) is 7. The molecule has 0 aromatic heterocycles. The molecular weight excluding hydrogens is 340 g/mol. The summed E-state index contributed by atoms with van der Waals surface area (Å²) in [6, 6.07) is 0. The molecule has 3 fully saturated rings. The number of carbonyl (C=O) groups is 3. The van der Waals surface area contributed by atoms with E-state index in [1.165, 1.54) is 12.2 Å². The van der Waals surface area contributed by atoms with Crippen molar-refractivity contribution in [3.63, 3.8) is 0 Å². The fourth-order valence-corrected chi connectivity index (χ4v) is 4.84. The van der Waals surface area contributed by atoms with E-state index in [4.69, 9.17) is 14.2 Å². The summed E-state index contributed by atoms with van der Waals surface area (Å²) < 4.78 is 16.5. The van der Waals surface area contributed by atoms with E-state index in [-0.39, 0.29) is 11.7 Å². The summed E-state index contributed by atoms with van der Waals surface area (Å²) in [5.74, 6) is -2.59. The third-order valence-electron chi connectivity index (χ3n) is 6.98. The van der Waals surface area contributed by atoms with Gasteiger partial charge in [-0.1, -0.05) is 13.8 Å². The van der Waals surface area contributed by atoms with Gasteiger partial charge in [-0.05, 0) is 38.3 Å². The molecule has 26 heavy (non-hydrogen) atoms. The molecule has 0 bridgehead atoms.